The van der Waals surface area contributed by atoms with Crippen molar-refractivity contribution in [3.63, 3.8) is 0 Å². The topological polar surface area (TPSA) is 187 Å². The van der Waals surface area contributed by atoms with Gasteiger partial charge in [0.15, 0.2) is 0 Å². The first-order valence-electron chi connectivity index (χ1n) is 10.3. The van der Waals surface area contributed by atoms with Gasteiger partial charge < -0.3 is 26.6 Å². The van der Waals surface area contributed by atoms with Gasteiger partial charge in [0.1, 0.15) is 6.04 Å². The van der Waals surface area contributed by atoms with Crippen molar-refractivity contribution in [3.05, 3.63) is 63.4 Å². The molecule has 0 saturated carbocycles. The van der Waals surface area contributed by atoms with E-state index >= 15 is 0 Å². The predicted molar refractivity (Wildman–Crippen MR) is 121 cm³/mol. The number of nitrogens with zero attached hydrogens (tertiary/aromatic N) is 1. The lowest BCUT2D eigenvalue weighted by Crippen LogP contribution is -2.41. The van der Waals surface area contributed by atoms with Crippen LogP contribution < -0.4 is 21.9 Å². The number of aromatic amines is 1. The largest absolute Gasteiger partial charge is 0.481 e. The average Bonchev–Trinajstić information content (AvgIpc) is 2.79. The average molecular weight is 507 g/mol. The van der Waals surface area contributed by atoms with Crippen LogP contribution in [0.4, 0.5) is 24.8 Å². The Bertz CT molecular complexity index is 1370. The third kappa shape index (κ3) is 6.08. The van der Waals surface area contributed by atoms with Gasteiger partial charge in [0, 0.05) is 24.2 Å². The summed E-state index contributed by atoms with van der Waals surface area (Å²) in [6.07, 6.45) is -5.62. The van der Waals surface area contributed by atoms with Gasteiger partial charge in [-0.2, -0.15) is 13.2 Å². The van der Waals surface area contributed by atoms with E-state index in [1.165, 1.54) is 36.4 Å². The molecule has 7 N–H and O–H groups in total. The zero-order valence-corrected chi connectivity index (χ0v) is 18.3. The summed E-state index contributed by atoms with van der Waals surface area (Å²) in [5.41, 5.74) is 3.20. The maximum atomic E-state index is 13.8. The standard InChI is InChI=1S/C22H20F3N5O6/c23-22(24,25)17-11(3-6-13-16(17)19(34)30-21(26)29-13)9-27-12-4-1-10(2-5-12)18(33)28-14(20(35)36)7-8-15(31)32/h1-6,14,27H,7-9H2,(H,28,33)(H,31,32)(H,35,36)(H3,26,29,30,34)/t14-/m0/s1. The first kappa shape index (κ1) is 26.0. The summed E-state index contributed by atoms with van der Waals surface area (Å²) in [6.45, 7) is -0.323. The number of rotatable bonds is 9. The van der Waals surface area contributed by atoms with E-state index in [1.54, 1.807) is 0 Å². The number of carboxylic acids is 2. The van der Waals surface area contributed by atoms with Crippen LogP contribution in [-0.2, 0) is 22.3 Å². The fourth-order valence-corrected chi connectivity index (χ4v) is 3.47. The molecule has 1 heterocycles. The Balaban J connectivity index is 1.77. The molecule has 1 atom stereocenters. The van der Waals surface area contributed by atoms with Gasteiger partial charge in [-0.25, -0.2) is 9.78 Å². The second-order valence-electron chi connectivity index (χ2n) is 7.67. The van der Waals surface area contributed by atoms with Gasteiger partial charge in [-0.1, -0.05) is 6.07 Å². The molecular weight excluding hydrogens is 487 g/mol. The quantitative estimate of drug-likeness (QED) is 0.252. The minimum absolute atomic E-state index is 0.0546. The molecule has 0 radical (unpaired) electrons. The number of nitrogens with one attached hydrogen (secondary N) is 3. The molecule has 3 rings (SSSR count). The number of amides is 1. The lowest BCUT2D eigenvalue weighted by molar-refractivity contribution is -0.140. The molecule has 0 unspecified atom stereocenters. The van der Waals surface area contributed by atoms with Crippen LogP contribution in [0, 0.1) is 0 Å². The van der Waals surface area contributed by atoms with E-state index in [0.29, 0.717) is 5.69 Å². The van der Waals surface area contributed by atoms with Crippen molar-refractivity contribution in [2.75, 3.05) is 11.1 Å². The van der Waals surface area contributed by atoms with Gasteiger partial charge in [-0.15, -0.1) is 0 Å². The minimum atomic E-state index is -4.86. The third-order valence-corrected chi connectivity index (χ3v) is 5.14. The minimum Gasteiger partial charge on any atom is -0.481 e. The normalized spacial score (nSPS) is 12.2. The number of benzene rings is 2. The Hall–Kier alpha value is -4.62. The fraction of sp³-hybridized carbons (Fsp3) is 0.227. The number of halogens is 3. The molecule has 1 aromatic heterocycles. The van der Waals surface area contributed by atoms with Crippen LogP contribution in [0.25, 0.3) is 10.9 Å². The number of hydrogen-bond donors (Lipinski definition) is 6. The van der Waals surface area contributed by atoms with Crippen LogP contribution >= 0.6 is 0 Å². The molecule has 0 aliphatic heterocycles. The number of carbonyl (C=O) groups is 3. The van der Waals surface area contributed by atoms with Gasteiger partial charge in [-0.3, -0.25) is 19.4 Å². The van der Waals surface area contributed by atoms with Crippen molar-refractivity contribution in [3.8, 4) is 0 Å². The zero-order chi connectivity index (χ0) is 26.6. The predicted octanol–water partition coefficient (Wildman–Crippen LogP) is 2.18. The summed E-state index contributed by atoms with van der Waals surface area (Å²) in [6, 6.07) is 6.44. The highest BCUT2D eigenvalue weighted by atomic mass is 19.4. The number of aliphatic carboxylic acids is 2. The molecule has 0 aliphatic rings. The summed E-state index contributed by atoms with van der Waals surface area (Å²) in [5.74, 6) is -3.68. The monoisotopic (exact) mass is 507 g/mol. The lowest BCUT2D eigenvalue weighted by Gasteiger charge is -2.16. The molecule has 0 bridgehead atoms. The summed E-state index contributed by atoms with van der Waals surface area (Å²) < 4.78 is 41.5. The molecule has 2 aromatic carbocycles. The van der Waals surface area contributed by atoms with Gasteiger partial charge >= 0.3 is 18.1 Å². The van der Waals surface area contributed by atoms with E-state index in [2.05, 4.69) is 20.6 Å². The highest BCUT2D eigenvalue weighted by molar-refractivity contribution is 5.97. The second-order valence-corrected chi connectivity index (χ2v) is 7.67. The van der Waals surface area contributed by atoms with E-state index in [1.807, 2.05) is 0 Å². The molecular formula is C22H20F3N5O6. The molecule has 0 fully saturated rings. The van der Waals surface area contributed by atoms with E-state index in [0.717, 1.165) is 0 Å². The summed E-state index contributed by atoms with van der Waals surface area (Å²) >= 11 is 0. The smallest absolute Gasteiger partial charge is 0.417 e. The van der Waals surface area contributed by atoms with Crippen molar-refractivity contribution in [1.82, 2.24) is 15.3 Å². The van der Waals surface area contributed by atoms with Crippen LogP contribution in [0.2, 0.25) is 0 Å². The molecule has 36 heavy (non-hydrogen) atoms. The number of aromatic nitrogens is 2. The van der Waals surface area contributed by atoms with Gasteiger partial charge in [0.05, 0.1) is 16.5 Å². The van der Waals surface area contributed by atoms with E-state index in [9.17, 15) is 32.3 Å². The number of anilines is 2. The van der Waals surface area contributed by atoms with Gasteiger partial charge in [0.25, 0.3) is 11.5 Å². The molecule has 0 spiro atoms. The number of fused-ring (bicyclic) bond motifs is 1. The summed E-state index contributed by atoms with van der Waals surface area (Å²) in [7, 11) is 0. The van der Waals surface area contributed by atoms with Crippen LogP contribution in [0.1, 0.15) is 34.3 Å². The Morgan fingerprint density at radius 2 is 1.75 bits per heavy atom. The van der Waals surface area contributed by atoms with E-state index < -0.39 is 53.0 Å². The number of carboxylic acid groups (broad SMARTS) is 2. The highest BCUT2D eigenvalue weighted by Gasteiger charge is 2.36. The van der Waals surface area contributed by atoms with Crippen molar-refractivity contribution >= 4 is 40.4 Å². The van der Waals surface area contributed by atoms with Crippen LogP contribution in [0.5, 0.6) is 0 Å². The Morgan fingerprint density at radius 3 is 2.33 bits per heavy atom. The third-order valence-electron chi connectivity index (χ3n) is 5.14. The Kier molecular flexibility index (Phi) is 7.46. The highest BCUT2D eigenvalue weighted by Crippen LogP contribution is 2.36. The Labute approximate surface area is 200 Å². The summed E-state index contributed by atoms with van der Waals surface area (Å²) in [5, 5.41) is 22.2. The van der Waals surface area contributed by atoms with Crippen molar-refractivity contribution < 1.29 is 37.8 Å². The number of nitrogens with two attached hydrogens (primary N) is 1. The number of H-pyrrole nitrogens is 1. The molecule has 11 nitrogen and oxygen atoms in total. The fourth-order valence-electron chi connectivity index (χ4n) is 3.47. The maximum absolute atomic E-state index is 13.8. The zero-order valence-electron chi connectivity index (χ0n) is 18.3. The molecule has 190 valence electrons. The van der Waals surface area contributed by atoms with Crippen LogP contribution in [-0.4, -0.2) is 44.1 Å². The van der Waals surface area contributed by atoms with E-state index in [-0.39, 0.29) is 35.6 Å². The number of carbonyl (C=O) groups excluding carboxylic acids is 1. The van der Waals surface area contributed by atoms with Gasteiger partial charge in [-0.05, 0) is 42.3 Å². The molecule has 1 amide bonds. The molecule has 0 saturated heterocycles. The van der Waals surface area contributed by atoms with Gasteiger partial charge in [0.2, 0.25) is 5.95 Å². The SMILES string of the molecule is Nc1nc2ccc(CNc3ccc(C(=O)N[C@@H](CCC(=O)O)C(=O)O)cc3)c(C(F)(F)F)c2c(=O)[nH]1. The van der Waals surface area contributed by atoms with Crippen LogP contribution in [0.3, 0.4) is 0 Å². The van der Waals surface area contributed by atoms with E-state index in [4.69, 9.17) is 15.9 Å². The molecule has 14 heteroatoms. The van der Waals surface area contributed by atoms with Crippen molar-refractivity contribution in [1.29, 1.82) is 0 Å². The maximum Gasteiger partial charge on any atom is 0.417 e. The molecule has 3 aromatic rings. The van der Waals surface area contributed by atoms with Crippen LogP contribution in [0.15, 0.2) is 41.2 Å². The second kappa shape index (κ2) is 10.3. The first-order chi connectivity index (χ1) is 16.9. The number of alkyl halides is 3. The Morgan fingerprint density at radius 1 is 1.08 bits per heavy atom. The molecule has 0 aliphatic carbocycles. The van der Waals surface area contributed by atoms with Crippen molar-refractivity contribution in [2.24, 2.45) is 0 Å². The number of nitrogen functional groups attached to an aromatic ring is 1. The number of hydrogen-bond acceptors (Lipinski definition) is 7. The summed E-state index contributed by atoms with van der Waals surface area (Å²) in [4.78, 5) is 52.2. The van der Waals surface area contributed by atoms with Crippen molar-refractivity contribution in [2.45, 2.75) is 31.6 Å². The lowest BCUT2D eigenvalue weighted by atomic mass is 10.0. The first-order valence-corrected chi connectivity index (χ1v) is 10.3.